The summed E-state index contributed by atoms with van der Waals surface area (Å²) in [6.07, 6.45) is 3.19. The van der Waals surface area contributed by atoms with Crippen LogP contribution in [-0.2, 0) is 4.79 Å². The van der Waals surface area contributed by atoms with E-state index in [9.17, 15) is 4.79 Å². The van der Waals surface area contributed by atoms with E-state index >= 15 is 0 Å². The van der Waals surface area contributed by atoms with Crippen LogP contribution in [0, 0.1) is 5.92 Å². The number of ether oxygens (including phenoxy) is 2. The van der Waals surface area contributed by atoms with E-state index in [1.165, 1.54) is 6.42 Å². The number of amides is 1. The van der Waals surface area contributed by atoms with Gasteiger partial charge in [0.05, 0.1) is 6.54 Å². The second kappa shape index (κ2) is 5.73. The highest BCUT2D eigenvalue weighted by molar-refractivity contribution is 5.79. The van der Waals surface area contributed by atoms with Gasteiger partial charge in [0.15, 0.2) is 17.6 Å². The molecule has 0 saturated heterocycles. The molecule has 1 atom stereocenters. The SMILES string of the molecule is CCN(CC1COc2ccccc2O1)C(=O)C1CCC1. The van der Waals surface area contributed by atoms with Gasteiger partial charge in [0.2, 0.25) is 5.91 Å². The summed E-state index contributed by atoms with van der Waals surface area (Å²) in [4.78, 5) is 14.2. The molecule has 0 bridgehead atoms. The molecule has 1 unspecified atom stereocenters. The molecule has 1 aromatic carbocycles. The van der Waals surface area contributed by atoms with Crippen molar-refractivity contribution in [2.24, 2.45) is 5.92 Å². The normalized spacial score (nSPS) is 21.1. The van der Waals surface area contributed by atoms with E-state index in [0.29, 0.717) is 13.2 Å². The van der Waals surface area contributed by atoms with Crippen molar-refractivity contribution in [2.75, 3.05) is 19.7 Å². The average Bonchev–Trinajstić information content (AvgIpc) is 2.42. The molecule has 1 aromatic rings. The largest absolute Gasteiger partial charge is 0.486 e. The molecular formula is C16H21NO3. The van der Waals surface area contributed by atoms with Crippen LogP contribution < -0.4 is 9.47 Å². The Bertz CT molecular complexity index is 484. The van der Waals surface area contributed by atoms with Gasteiger partial charge >= 0.3 is 0 Å². The molecule has 0 spiro atoms. The van der Waals surface area contributed by atoms with Gasteiger partial charge in [-0.2, -0.15) is 0 Å². The van der Waals surface area contributed by atoms with Gasteiger partial charge in [0.25, 0.3) is 0 Å². The van der Waals surface area contributed by atoms with E-state index < -0.39 is 0 Å². The van der Waals surface area contributed by atoms with Crippen LogP contribution in [0.3, 0.4) is 0 Å². The lowest BCUT2D eigenvalue weighted by Crippen LogP contribution is -2.46. The first-order valence-electron chi connectivity index (χ1n) is 7.45. The number of para-hydroxylation sites is 2. The van der Waals surface area contributed by atoms with E-state index in [2.05, 4.69) is 0 Å². The third kappa shape index (κ3) is 2.60. The molecule has 108 valence electrons. The summed E-state index contributed by atoms with van der Waals surface area (Å²) in [6, 6.07) is 7.68. The van der Waals surface area contributed by atoms with Gasteiger partial charge < -0.3 is 14.4 Å². The van der Waals surface area contributed by atoms with Crippen LogP contribution in [0.1, 0.15) is 26.2 Å². The quantitative estimate of drug-likeness (QED) is 0.847. The van der Waals surface area contributed by atoms with Crippen LogP contribution in [0.2, 0.25) is 0 Å². The minimum Gasteiger partial charge on any atom is -0.486 e. The standard InChI is InChI=1S/C16H21NO3/c1-2-17(16(18)12-6-5-7-12)10-13-11-19-14-8-3-4-9-15(14)20-13/h3-4,8-9,12-13H,2,5-7,10-11H2,1H3. The summed E-state index contributed by atoms with van der Waals surface area (Å²) in [5.74, 6) is 2.08. The van der Waals surface area contributed by atoms with Crippen molar-refractivity contribution in [3.8, 4) is 11.5 Å². The van der Waals surface area contributed by atoms with Crippen molar-refractivity contribution in [1.82, 2.24) is 4.90 Å². The minimum absolute atomic E-state index is 0.0751. The fraction of sp³-hybridized carbons (Fsp3) is 0.562. The van der Waals surface area contributed by atoms with Gasteiger partial charge in [-0.3, -0.25) is 4.79 Å². The molecule has 4 nitrogen and oxygen atoms in total. The van der Waals surface area contributed by atoms with Crippen LogP contribution in [0.15, 0.2) is 24.3 Å². The Morgan fingerprint density at radius 2 is 2.05 bits per heavy atom. The third-order valence-electron chi connectivity index (χ3n) is 4.14. The summed E-state index contributed by atoms with van der Waals surface area (Å²) < 4.78 is 11.6. The Morgan fingerprint density at radius 1 is 1.30 bits per heavy atom. The second-order valence-corrected chi connectivity index (χ2v) is 5.50. The van der Waals surface area contributed by atoms with Crippen molar-refractivity contribution >= 4 is 5.91 Å². The fourth-order valence-corrected chi connectivity index (χ4v) is 2.69. The maximum atomic E-state index is 12.3. The zero-order chi connectivity index (χ0) is 13.9. The predicted molar refractivity (Wildman–Crippen MR) is 75.9 cm³/mol. The lowest BCUT2D eigenvalue weighted by molar-refractivity contribution is -0.139. The fourth-order valence-electron chi connectivity index (χ4n) is 2.69. The predicted octanol–water partition coefficient (Wildman–Crippen LogP) is 2.48. The van der Waals surface area contributed by atoms with E-state index in [1.807, 2.05) is 36.1 Å². The maximum absolute atomic E-state index is 12.3. The number of carbonyl (C=O) groups is 1. The molecule has 1 aliphatic carbocycles. The number of nitrogens with zero attached hydrogens (tertiary/aromatic N) is 1. The molecule has 1 amide bonds. The summed E-state index contributed by atoms with van der Waals surface area (Å²) in [5, 5.41) is 0. The van der Waals surface area contributed by atoms with E-state index in [4.69, 9.17) is 9.47 Å². The monoisotopic (exact) mass is 275 g/mol. The molecular weight excluding hydrogens is 254 g/mol. The number of carbonyl (C=O) groups excluding carboxylic acids is 1. The molecule has 0 aromatic heterocycles. The summed E-state index contributed by atoms with van der Waals surface area (Å²) in [5.41, 5.74) is 0. The molecule has 1 fully saturated rings. The molecule has 2 aliphatic rings. The summed E-state index contributed by atoms with van der Waals surface area (Å²) in [6.45, 7) is 3.87. The van der Waals surface area contributed by atoms with Crippen molar-refractivity contribution in [2.45, 2.75) is 32.3 Å². The Kier molecular flexibility index (Phi) is 3.81. The molecule has 1 saturated carbocycles. The lowest BCUT2D eigenvalue weighted by atomic mass is 9.84. The molecule has 1 aliphatic heterocycles. The van der Waals surface area contributed by atoms with E-state index in [0.717, 1.165) is 30.9 Å². The molecule has 20 heavy (non-hydrogen) atoms. The van der Waals surface area contributed by atoms with Crippen molar-refractivity contribution in [3.05, 3.63) is 24.3 Å². The molecule has 4 heteroatoms. The minimum atomic E-state index is -0.0751. The first kappa shape index (κ1) is 13.3. The Labute approximate surface area is 119 Å². The van der Waals surface area contributed by atoms with Gasteiger partial charge in [-0.05, 0) is 31.9 Å². The van der Waals surface area contributed by atoms with Crippen LogP contribution >= 0.6 is 0 Å². The van der Waals surface area contributed by atoms with Crippen LogP contribution in [-0.4, -0.2) is 36.6 Å². The van der Waals surface area contributed by atoms with Crippen molar-refractivity contribution in [1.29, 1.82) is 0 Å². The van der Waals surface area contributed by atoms with Gasteiger partial charge in [-0.15, -0.1) is 0 Å². The van der Waals surface area contributed by atoms with E-state index in [1.54, 1.807) is 0 Å². The highest BCUT2D eigenvalue weighted by Gasteiger charge is 2.31. The smallest absolute Gasteiger partial charge is 0.225 e. The van der Waals surface area contributed by atoms with Gasteiger partial charge in [-0.1, -0.05) is 18.6 Å². The first-order chi connectivity index (χ1) is 9.78. The van der Waals surface area contributed by atoms with Crippen LogP contribution in [0.4, 0.5) is 0 Å². The number of likely N-dealkylation sites (N-methyl/N-ethyl adjacent to an activating group) is 1. The third-order valence-corrected chi connectivity index (χ3v) is 4.14. The molecule has 3 rings (SSSR count). The highest BCUT2D eigenvalue weighted by atomic mass is 16.6. The summed E-state index contributed by atoms with van der Waals surface area (Å²) in [7, 11) is 0. The Balaban J connectivity index is 1.61. The highest BCUT2D eigenvalue weighted by Crippen LogP contribution is 2.32. The number of hydrogen-bond acceptors (Lipinski definition) is 3. The number of rotatable bonds is 4. The molecule has 0 radical (unpaired) electrons. The van der Waals surface area contributed by atoms with Crippen LogP contribution in [0.5, 0.6) is 11.5 Å². The zero-order valence-electron chi connectivity index (χ0n) is 11.9. The molecule has 1 heterocycles. The van der Waals surface area contributed by atoms with Gasteiger partial charge in [-0.25, -0.2) is 0 Å². The Hall–Kier alpha value is -1.71. The van der Waals surface area contributed by atoms with E-state index in [-0.39, 0.29) is 17.9 Å². The van der Waals surface area contributed by atoms with Crippen molar-refractivity contribution in [3.63, 3.8) is 0 Å². The van der Waals surface area contributed by atoms with Gasteiger partial charge in [0, 0.05) is 12.5 Å². The number of hydrogen-bond donors (Lipinski definition) is 0. The average molecular weight is 275 g/mol. The lowest BCUT2D eigenvalue weighted by Gasteiger charge is -2.34. The van der Waals surface area contributed by atoms with Crippen LogP contribution in [0.25, 0.3) is 0 Å². The van der Waals surface area contributed by atoms with Gasteiger partial charge in [0.1, 0.15) is 6.61 Å². The second-order valence-electron chi connectivity index (χ2n) is 5.50. The Morgan fingerprint density at radius 3 is 2.70 bits per heavy atom. The van der Waals surface area contributed by atoms with Crippen molar-refractivity contribution < 1.29 is 14.3 Å². The zero-order valence-corrected chi connectivity index (χ0v) is 11.9. The topological polar surface area (TPSA) is 38.8 Å². The maximum Gasteiger partial charge on any atom is 0.225 e. The molecule has 0 N–H and O–H groups in total. The first-order valence-corrected chi connectivity index (χ1v) is 7.45. The number of fused-ring (bicyclic) bond motifs is 1. The number of benzene rings is 1. The summed E-state index contributed by atoms with van der Waals surface area (Å²) >= 11 is 0.